The molecule has 0 N–H and O–H groups in total. The summed E-state index contributed by atoms with van der Waals surface area (Å²) in [5.74, 6) is 1.76. The fraction of sp³-hybridized carbons (Fsp3) is 0.391. The summed E-state index contributed by atoms with van der Waals surface area (Å²) in [5.41, 5.74) is 1.50. The van der Waals surface area contributed by atoms with Gasteiger partial charge in [0.1, 0.15) is 11.3 Å². The van der Waals surface area contributed by atoms with E-state index in [1.165, 1.54) is 16.2 Å². The van der Waals surface area contributed by atoms with E-state index in [1.54, 1.807) is 11.8 Å². The van der Waals surface area contributed by atoms with Gasteiger partial charge in [0.2, 0.25) is 0 Å². The molecule has 1 amide bonds. The van der Waals surface area contributed by atoms with E-state index < -0.39 is 0 Å². The summed E-state index contributed by atoms with van der Waals surface area (Å²) in [7, 11) is 4.09. The van der Waals surface area contributed by atoms with E-state index in [0.717, 1.165) is 34.7 Å². The molecule has 0 radical (unpaired) electrons. The maximum atomic E-state index is 13.4. The average molecular weight is 444 g/mol. The zero-order valence-corrected chi connectivity index (χ0v) is 19.7. The number of thioether (sulfide) groups is 1. The van der Waals surface area contributed by atoms with E-state index in [1.807, 2.05) is 68.4 Å². The van der Waals surface area contributed by atoms with Crippen LogP contribution in [0.5, 0.6) is 5.75 Å². The van der Waals surface area contributed by atoms with Crippen molar-refractivity contribution in [3.63, 3.8) is 0 Å². The lowest BCUT2D eigenvalue weighted by Gasteiger charge is -2.21. The van der Waals surface area contributed by atoms with Crippen molar-refractivity contribution in [2.24, 2.45) is 0 Å². The number of fused-ring (bicyclic) bond motifs is 1. The number of hydrogen-bond donors (Lipinski definition) is 0. The fourth-order valence-electron chi connectivity index (χ4n) is 3.14. The molecule has 3 rings (SSSR count). The minimum Gasteiger partial charge on any atom is -0.492 e. The van der Waals surface area contributed by atoms with E-state index in [4.69, 9.17) is 9.72 Å². The van der Waals surface area contributed by atoms with Gasteiger partial charge >= 0.3 is 0 Å². The number of para-hydroxylation sites is 1. The molecule has 0 fully saturated rings. The second kappa shape index (κ2) is 10.8. The summed E-state index contributed by atoms with van der Waals surface area (Å²) in [6.45, 7) is 6.19. The van der Waals surface area contributed by atoms with Gasteiger partial charge in [0.15, 0.2) is 5.13 Å². The highest BCUT2D eigenvalue weighted by molar-refractivity contribution is 7.99. The third-order valence-electron chi connectivity index (χ3n) is 4.55. The van der Waals surface area contributed by atoms with E-state index in [0.29, 0.717) is 23.8 Å². The number of carbonyl (C=O) groups is 1. The minimum atomic E-state index is -0.0150. The van der Waals surface area contributed by atoms with Gasteiger partial charge in [-0.1, -0.05) is 24.3 Å². The van der Waals surface area contributed by atoms with E-state index in [9.17, 15) is 4.79 Å². The number of hydrogen-bond acceptors (Lipinski definition) is 6. The van der Waals surface area contributed by atoms with Gasteiger partial charge in [-0.2, -0.15) is 0 Å². The number of ether oxygens (including phenoxy) is 1. The summed E-state index contributed by atoms with van der Waals surface area (Å²) in [5, 5.41) is 0.716. The van der Waals surface area contributed by atoms with Gasteiger partial charge in [0.25, 0.3) is 5.91 Å². The lowest BCUT2D eigenvalue weighted by atomic mass is 10.2. The van der Waals surface area contributed by atoms with Crippen molar-refractivity contribution in [1.29, 1.82) is 0 Å². The molecule has 0 unspecified atom stereocenters. The molecule has 1 heterocycles. The lowest BCUT2D eigenvalue weighted by molar-refractivity contribution is 0.0986. The Labute approximate surface area is 187 Å². The third-order valence-corrected chi connectivity index (χ3v) is 6.48. The zero-order valence-electron chi connectivity index (χ0n) is 18.1. The molecule has 7 heteroatoms. The number of aromatic nitrogens is 1. The third kappa shape index (κ3) is 5.53. The largest absolute Gasteiger partial charge is 0.492 e. The Bertz CT molecular complexity index is 970. The van der Waals surface area contributed by atoms with Crippen molar-refractivity contribution in [2.75, 3.05) is 44.4 Å². The summed E-state index contributed by atoms with van der Waals surface area (Å²) < 4.78 is 6.76. The number of benzene rings is 2. The first-order chi connectivity index (χ1) is 14.5. The highest BCUT2D eigenvalue weighted by Crippen LogP contribution is 2.35. The number of rotatable bonds is 10. The van der Waals surface area contributed by atoms with Crippen molar-refractivity contribution in [3.8, 4) is 5.75 Å². The second-order valence-electron chi connectivity index (χ2n) is 7.10. The molecule has 3 aromatic rings. The topological polar surface area (TPSA) is 45.7 Å². The number of thiazole rings is 1. The molecule has 0 saturated heterocycles. The molecule has 0 aliphatic heterocycles. The van der Waals surface area contributed by atoms with Crippen LogP contribution in [0.15, 0.2) is 47.4 Å². The van der Waals surface area contributed by atoms with Crippen LogP contribution < -0.4 is 9.64 Å². The van der Waals surface area contributed by atoms with E-state index in [2.05, 4.69) is 11.8 Å². The molecule has 2 aromatic carbocycles. The quantitative estimate of drug-likeness (QED) is 0.392. The lowest BCUT2D eigenvalue weighted by Crippen LogP contribution is -2.33. The second-order valence-corrected chi connectivity index (χ2v) is 9.45. The Hall–Kier alpha value is -2.09. The summed E-state index contributed by atoms with van der Waals surface area (Å²) in [6, 6.07) is 13.8. The van der Waals surface area contributed by atoms with Crippen molar-refractivity contribution >= 4 is 44.4 Å². The van der Waals surface area contributed by atoms with Crippen LogP contribution >= 0.6 is 23.1 Å². The van der Waals surface area contributed by atoms with Crippen LogP contribution in [0, 0.1) is 0 Å². The highest BCUT2D eigenvalue weighted by Gasteiger charge is 2.22. The fourth-order valence-corrected chi connectivity index (χ4v) is 4.81. The van der Waals surface area contributed by atoms with E-state index in [-0.39, 0.29) is 5.91 Å². The van der Waals surface area contributed by atoms with E-state index >= 15 is 0 Å². The highest BCUT2D eigenvalue weighted by atomic mass is 32.2. The molecule has 5 nitrogen and oxygen atoms in total. The molecule has 0 aliphatic rings. The first kappa shape index (κ1) is 22.6. The number of nitrogens with zero attached hydrogens (tertiary/aromatic N) is 3. The molecule has 160 valence electrons. The summed E-state index contributed by atoms with van der Waals surface area (Å²) >= 11 is 3.31. The summed E-state index contributed by atoms with van der Waals surface area (Å²) in [6.07, 6.45) is 0.872. The smallest absolute Gasteiger partial charge is 0.260 e. The molecule has 0 saturated carbocycles. The van der Waals surface area contributed by atoms with Crippen molar-refractivity contribution in [3.05, 3.63) is 48.0 Å². The molecule has 0 atom stereocenters. The van der Waals surface area contributed by atoms with Crippen LogP contribution in [0.3, 0.4) is 0 Å². The SMILES string of the molecule is CCOc1cccc2sc(N(CCCN(C)C)C(=O)c3ccc(SCC)cc3)nc12. The Kier molecular flexibility index (Phi) is 8.13. The molecular formula is C23H29N3O2S2. The monoisotopic (exact) mass is 443 g/mol. The predicted molar refractivity (Wildman–Crippen MR) is 128 cm³/mol. The van der Waals surface area contributed by atoms with Crippen LogP contribution in [-0.4, -0.2) is 55.3 Å². The number of amides is 1. The number of anilines is 1. The predicted octanol–water partition coefficient (Wildman–Crippen LogP) is 5.41. The summed E-state index contributed by atoms with van der Waals surface area (Å²) in [4.78, 5) is 23.3. The Morgan fingerprint density at radius 1 is 1.10 bits per heavy atom. The van der Waals surface area contributed by atoms with Crippen molar-refractivity contribution in [1.82, 2.24) is 9.88 Å². The zero-order chi connectivity index (χ0) is 21.5. The van der Waals surface area contributed by atoms with Crippen molar-refractivity contribution in [2.45, 2.75) is 25.2 Å². The normalized spacial score (nSPS) is 11.2. The van der Waals surface area contributed by atoms with Gasteiger partial charge in [0, 0.05) is 17.0 Å². The molecule has 30 heavy (non-hydrogen) atoms. The standard InChI is InChI=1S/C23H29N3O2S2/c1-5-28-19-9-7-10-20-21(19)24-23(30-20)26(16-8-15-25(3)4)22(27)17-11-13-18(14-12-17)29-6-2/h7,9-14H,5-6,8,15-16H2,1-4H3. The van der Waals surface area contributed by atoms with Gasteiger partial charge < -0.3 is 9.64 Å². The first-order valence-electron chi connectivity index (χ1n) is 10.2. The molecular weight excluding hydrogens is 414 g/mol. The van der Waals surface area contributed by atoms with Gasteiger partial charge in [-0.25, -0.2) is 4.98 Å². The average Bonchev–Trinajstić information content (AvgIpc) is 3.16. The van der Waals surface area contributed by atoms with Crippen LogP contribution in [-0.2, 0) is 0 Å². The Balaban J connectivity index is 1.92. The molecule has 0 bridgehead atoms. The van der Waals surface area contributed by atoms with Crippen molar-refractivity contribution < 1.29 is 9.53 Å². The molecule has 0 spiro atoms. The maximum Gasteiger partial charge on any atom is 0.260 e. The van der Waals surface area contributed by atoms with Gasteiger partial charge in [0.05, 0.1) is 11.3 Å². The van der Waals surface area contributed by atoms with Crippen LogP contribution in [0.25, 0.3) is 10.2 Å². The Morgan fingerprint density at radius 3 is 2.53 bits per heavy atom. The Morgan fingerprint density at radius 2 is 1.87 bits per heavy atom. The van der Waals surface area contributed by atoms with Crippen LogP contribution in [0.1, 0.15) is 30.6 Å². The number of carbonyl (C=O) groups excluding carboxylic acids is 1. The first-order valence-corrected chi connectivity index (χ1v) is 12.1. The molecule has 1 aromatic heterocycles. The van der Waals surface area contributed by atoms with Crippen LogP contribution in [0.4, 0.5) is 5.13 Å². The minimum absolute atomic E-state index is 0.0150. The van der Waals surface area contributed by atoms with Crippen LogP contribution in [0.2, 0.25) is 0 Å². The van der Waals surface area contributed by atoms with Gasteiger partial charge in [-0.15, -0.1) is 11.8 Å². The van der Waals surface area contributed by atoms with Gasteiger partial charge in [-0.3, -0.25) is 9.69 Å². The molecule has 0 aliphatic carbocycles. The van der Waals surface area contributed by atoms with Gasteiger partial charge in [-0.05, 0) is 76.1 Å². The maximum absolute atomic E-state index is 13.4.